The average molecular weight is 424 g/mol. The summed E-state index contributed by atoms with van der Waals surface area (Å²) >= 11 is 1.71. The fraction of sp³-hybridized carbons (Fsp3) is 0.733. The van der Waals surface area contributed by atoms with Gasteiger partial charge < -0.3 is 10.6 Å². The van der Waals surface area contributed by atoms with E-state index in [-0.39, 0.29) is 24.0 Å². The van der Waals surface area contributed by atoms with E-state index >= 15 is 0 Å². The lowest BCUT2D eigenvalue weighted by atomic mass is 10.1. The minimum absolute atomic E-state index is 0. The summed E-state index contributed by atoms with van der Waals surface area (Å²) in [4.78, 5) is 10.1. The van der Waals surface area contributed by atoms with Gasteiger partial charge in [0.05, 0.1) is 6.54 Å². The molecule has 1 aromatic rings. The van der Waals surface area contributed by atoms with Gasteiger partial charge in [-0.1, -0.05) is 26.7 Å². The normalized spacial score (nSPS) is 11.4. The van der Waals surface area contributed by atoms with E-state index in [2.05, 4.69) is 48.3 Å². The lowest BCUT2D eigenvalue weighted by molar-refractivity contribution is 0.534. The molecule has 0 bridgehead atoms. The van der Waals surface area contributed by atoms with E-state index in [9.17, 15) is 0 Å². The zero-order valence-electron chi connectivity index (χ0n) is 13.6. The van der Waals surface area contributed by atoms with Crippen LogP contribution in [-0.2, 0) is 6.54 Å². The van der Waals surface area contributed by atoms with E-state index in [1.54, 1.807) is 11.3 Å². The number of hydrogen-bond acceptors (Lipinski definition) is 3. The summed E-state index contributed by atoms with van der Waals surface area (Å²) in [5, 5.41) is 7.73. The van der Waals surface area contributed by atoms with E-state index < -0.39 is 0 Å². The van der Waals surface area contributed by atoms with Crippen LogP contribution in [0.3, 0.4) is 0 Å². The van der Waals surface area contributed by atoms with Crippen molar-refractivity contribution >= 4 is 41.3 Å². The van der Waals surface area contributed by atoms with Gasteiger partial charge in [0, 0.05) is 24.2 Å². The van der Waals surface area contributed by atoms with Gasteiger partial charge in [-0.05, 0) is 26.2 Å². The lowest BCUT2D eigenvalue weighted by Crippen LogP contribution is -2.37. The summed E-state index contributed by atoms with van der Waals surface area (Å²) in [7, 11) is 0. The maximum atomic E-state index is 4.57. The van der Waals surface area contributed by atoms with E-state index in [0.717, 1.165) is 30.0 Å². The molecular weight excluding hydrogens is 395 g/mol. The number of hydrogen-bond donors (Lipinski definition) is 2. The Labute approximate surface area is 150 Å². The van der Waals surface area contributed by atoms with Crippen LogP contribution in [0.2, 0.25) is 0 Å². The second kappa shape index (κ2) is 12.2. The molecule has 0 atom stereocenters. The van der Waals surface area contributed by atoms with Crippen LogP contribution in [0.5, 0.6) is 0 Å². The molecule has 6 heteroatoms. The third-order valence-corrected chi connectivity index (χ3v) is 3.78. The number of aliphatic imine (C=N–C) groups is 1. The summed E-state index contributed by atoms with van der Waals surface area (Å²) < 4.78 is 0. The monoisotopic (exact) mass is 424 g/mol. The van der Waals surface area contributed by atoms with Crippen molar-refractivity contribution in [2.24, 2.45) is 10.9 Å². The topological polar surface area (TPSA) is 49.3 Å². The highest BCUT2D eigenvalue weighted by molar-refractivity contribution is 14.0. The van der Waals surface area contributed by atoms with Crippen LogP contribution in [0.25, 0.3) is 0 Å². The van der Waals surface area contributed by atoms with Gasteiger partial charge in [0.2, 0.25) is 0 Å². The van der Waals surface area contributed by atoms with Gasteiger partial charge in [0.1, 0.15) is 5.01 Å². The van der Waals surface area contributed by atoms with Crippen molar-refractivity contribution < 1.29 is 0 Å². The molecule has 1 heterocycles. The predicted molar refractivity (Wildman–Crippen MR) is 104 cm³/mol. The molecule has 2 N–H and O–H groups in total. The highest BCUT2D eigenvalue weighted by Gasteiger charge is 2.00. The van der Waals surface area contributed by atoms with Crippen molar-refractivity contribution in [3.05, 3.63) is 16.1 Å². The Kier molecular flexibility index (Phi) is 12.0. The first-order chi connectivity index (χ1) is 9.61. The molecule has 1 aromatic heterocycles. The molecule has 0 aromatic carbocycles. The summed E-state index contributed by atoms with van der Waals surface area (Å²) in [6.45, 7) is 11.2. The molecule has 0 saturated carbocycles. The number of aryl methyl sites for hydroxylation is 1. The maximum Gasteiger partial charge on any atom is 0.191 e. The van der Waals surface area contributed by atoms with Gasteiger partial charge in [-0.3, -0.25) is 0 Å². The van der Waals surface area contributed by atoms with E-state index in [4.69, 9.17) is 0 Å². The van der Waals surface area contributed by atoms with Gasteiger partial charge in [-0.2, -0.15) is 0 Å². The fourth-order valence-electron chi connectivity index (χ4n) is 1.85. The van der Waals surface area contributed by atoms with Crippen molar-refractivity contribution in [2.75, 3.05) is 13.1 Å². The van der Waals surface area contributed by atoms with Crippen molar-refractivity contribution in [1.29, 1.82) is 0 Å². The molecule has 4 nitrogen and oxygen atoms in total. The summed E-state index contributed by atoms with van der Waals surface area (Å²) in [5.74, 6) is 1.69. The number of nitrogens with zero attached hydrogens (tertiary/aromatic N) is 2. The largest absolute Gasteiger partial charge is 0.357 e. The lowest BCUT2D eigenvalue weighted by Gasteiger charge is -2.11. The second-order valence-corrected chi connectivity index (χ2v) is 6.70. The first-order valence-electron chi connectivity index (χ1n) is 7.55. The molecule has 1 rings (SSSR count). The van der Waals surface area contributed by atoms with Crippen molar-refractivity contribution in [3.63, 3.8) is 0 Å². The van der Waals surface area contributed by atoms with Crippen LogP contribution >= 0.6 is 35.3 Å². The van der Waals surface area contributed by atoms with Crippen LogP contribution in [0.4, 0.5) is 0 Å². The number of aromatic nitrogens is 1. The van der Waals surface area contributed by atoms with E-state index in [0.29, 0.717) is 6.54 Å². The van der Waals surface area contributed by atoms with Gasteiger partial charge >= 0.3 is 0 Å². The molecule has 21 heavy (non-hydrogen) atoms. The molecule has 0 amide bonds. The highest BCUT2D eigenvalue weighted by atomic mass is 127. The SMILES string of the molecule is CCNC(=NCc1ncc(C)s1)NCCCCC(C)C.I. The number of unbranched alkanes of at least 4 members (excludes halogenated alkanes) is 1. The second-order valence-electron chi connectivity index (χ2n) is 5.38. The molecule has 0 unspecified atom stereocenters. The Hall–Kier alpha value is -0.370. The van der Waals surface area contributed by atoms with Gasteiger partial charge in [0.25, 0.3) is 0 Å². The Balaban J connectivity index is 0.00000400. The predicted octanol–water partition coefficient (Wildman–Crippen LogP) is 3.95. The van der Waals surface area contributed by atoms with E-state index in [1.165, 1.54) is 24.1 Å². The van der Waals surface area contributed by atoms with E-state index in [1.807, 2.05) is 6.20 Å². The molecule has 0 aliphatic rings. The molecule has 0 spiro atoms. The number of rotatable bonds is 8. The Morgan fingerprint density at radius 1 is 1.33 bits per heavy atom. The Morgan fingerprint density at radius 2 is 2.10 bits per heavy atom. The average Bonchev–Trinajstić information content (AvgIpc) is 2.81. The molecule has 0 fully saturated rings. The number of halogens is 1. The fourth-order valence-corrected chi connectivity index (χ4v) is 2.56. The molecule has 0 saturated heterocycles. The Bertz CT molecular complexity index is 404. The first kappa shape index (κ1) is 20.6. The highest BCUT2D eigenvalue weighted by Crippen LogP contribution is 2.11. The van der Waals surface area contributed by atoms with Crippen molar-refractivity contribution in [1.82, 2.24) is 15.6 Å². The first-order valence-corrected chi connectivity index (χ1v) is 8.37. The molecule has 0 radical (unpaired) electrons. The van der Waals surface area contributed by atoms with Crippen LogP contribution in [0, 0.1) is 12.8 Å². The van der Waals surface area contributed by atoms with Crippen LogP contribution in [0.1, 0.15) is 49.9 Å². The third-order valence-electron chi connectivity index (χ3n) is 2.89. The standard InChI is InChI=1S/C15H28N4S.HI/c1-5-16-15(17-9-7-6-8-12(2)3)19-11-14-18-10-13(4)20-14;/h10,12H,5-9,11H2,1-4H3,(H2,16,17,19);1H. The quantitative estimate of drug-likeness (QED) is 0.288. The van der Waals surface area contributed by atoms with Gasteiger partial charge in [-0.25, -0.2) is 9.98 Å². The summed E-state index contributed by atoms with van der Waals surface area (Å²) in [6.07, 6.45) is 5.67. The van der Waals surface area contributed by atoms with Crippen molar-refractivity contribution in [3.8, 4) is 0 Å². The zero-order valence-corrected chi connectivity index (χ0v) is 16.8. The van der Waals surface area contributed by atoms with Crippen LogP contribution in [-0.4, -0.2) is 24.0 Å². The van der Waals surface area contributed by atoms with Gasteiger partial charge in [0.15, 0.2) is 5.96 Å². The molecular formula is C15H29IN4S. The molecule has 0 aliphatic heterocycles. The number of nitrogens with one attached hydrogen (secondary N) is 2. The molecule has 122 valence electrons. The van der Waals surface area contributed by atoms with Crippen LogP contribution < -0.4 is 10.6 Å². The van der Waals surface area contributed by atoms with Crippen LogP contribution in [0.15, 0.2) is 11.2 Å². The smallest absolute Gasteiger partial charge is 0.191 e. The maximum absolute atomic E-state index is 4.57. The zero-order chi connectivity index (χ0) is 14.8. The number of thiazole rings is 1. The number of guanidine groups is 1. The summed E-state index contributed by atoms with van der Waals surface area (Å²) in [5.41, 5.74) is 0. The Morgan fingerprint density at radius 3 is 2.67 bits per heavy atom. The molecule has 0 aliphatic carbocycles. The minimum Gasteiger partial charge on any atom is -0.357 e. The third kappa shape index (κ3) is 10.1. The van der Waals surface area contributed by atoms with Crippen molar-refractivity contribution in [2.45, 2.75) is 53.5 Å². The minimum atomic E-state index is 0. The van der Waals surface area contributed by atoms with Gasteiger partial charge in [-0.15, -0.1) is 35.3 Å². The summed E-state index contributed by atoms with van der Waals surface area (Å²) in [6, 6.07) is 0.